The molecule has 25 heavy (non-hydrogen) atoms. The fraction of sp³-hybridized carbons (Fsp3) is 0.526. The molecule has 0 aliphatic carbocycles. The summed E-state index contributed by atoms with van der Waals surface area (Å²) >= 11 is 1.57. The van der Waals surface area contributed by atoms with Crippen molar-refractivity contribution in [1.29, 1.82) is 0 Å². The molecule has 0 atom stereocenters. The van der Waals surface area contributed by atoms with Crippen molar-refractivity contribution in [2.24, 2.45) is 5.73 Å². The van der Waals surface area contributed by atoms with E-state index in [9.17, 15) is 4.79 Å². The molecule has 0 saturated carbocycles. The van der Waals surface area contributed by atoms with E-state index < -0.39 is 0 Å². The van der Waals surface area contributed by atoms with Crippen LogP contribution < -0.4 is 10.5 Å². The molecule has 1 aliphatic heterocycles. The van der Waals surface area contributed by atoms with Crippen molar-refractivity contribution in [3.05, 3.63) is 28.6 Å². The molecule has 3 rings (SSSR count). The SMILES string of the molecule is COc1ccc2sc(C(=O)N3CCC(OCCCN)CC3)c(C)c2c1. The highest BCUT2D eigenvalue weighted by atomic mass is 32.1. The number of amides is 1. The molecule has 2 aromatic rings. The van der Waals surface area contributed by atoms with E-state index in [0.717, 1.165) is 58.6 Å². The van der Waals surface area contributed by atoms with Crippen LogP contribution in [0.4, 0.5) is 0 Å². The number of carbonyl (C=O) groups is 1. The van der Waals surface area contributed by atoms with Crippen molar-refractivity contribution >= 4 is 27.3 Å². The van der Waals surface area contributed by atoms with Crippen LogP contribution in [0.25, 0.3) is 10.1 Å². The fourth-order valence-corrected chi connectivity index (χ4v) is 4.39. The number of fused-ring (bicyclic) bond motifs is 1. The number of aryl methyl sites for hydroxylation is 1. The molecule has 1 amide bonds. The maximum atomic E-state index is 13.0. The Labute approximate surface area is 152 Å². The topological polar surface area (TPSA) is 64.8 Å². The van der Waals surface area contributed by atoms with Gasteiger partial charge >= 0.3 is 0 Å². The number of hydrogen-bond acceptors (Lipinski definition) is 5. The summed E-state index contributed by atoms with van der Waals surface area (Å²) in [6, 6.07) is 5.98. The van der Waals surface area contributed by atoms with Crippen LogP contribution in [-0.4, -0.2) is 50.3 Å². The highest BCUT2D eigenvalue weighted by molar-refractivity contribution is 7.21. The predicted octanol–water partition coefficient (Wildman–Crippen LogP) is 3.19. The van der Waals surface area contributed by atoms with Crippen LogP contribution >= 0.6 is 11.3 Å². The highest BCUT2D eigenvalue weighted by Crippen LogP contribution is 2.34. The van der Waals surface area contributed by atoms with E-state index in [4.69, 9.17) is 15.2 Å². The van der Waals surface area contributed by atoms with Crippen LogP contribution in [0.5, 0.6) is 5.75 Å². The number of piperidine rings is 1. The van der Waals surface area contributed by atoms with E-state index in [1.807, 2.05) is 30.0 Å². The van der Waals surface area contributed by atoms with Gasteiger partial charge in [-0.1, -0.05) is 0 Å². The van der Waals surface area contributed by atoms with Gasteiger partial charge in [-0.15, -0.1) is 11.3 Å². The maximum absolute atomic E-state index is 13.0. The summed E-state index contributed by atoms with van der Waals surface area (Å²) < 4.78 is 12.3. The molecule has 5 nitrogen and oxygen atoms in total. The van der Waals surface area contributed by atoms with Gasteiger partial charge in [-0.25, -0.2) is 0 Å². The van der Waals surface area contributed by atoms with Crippen molar-refractivity contribution in [1.82, 2.24) is 4.90 Å². The number of methoxy groups -OCH3 is 1. The Morgan fingerprint density at radius 3 is 2.80 bits per heavy atom. The fourth-order valence-electron chi connectivity index (χ4n) is 3.23. The Balaban J connectivity index is 1.68. The summed E-state index contributed by atoms with van der Waals surface area (Å²) in [4.78, 5) is 15.8. The predicted molar refractivity (Wildman–Crippen MR) is 102 cm³/mol. The van der Waals surface area contributed by atoms with Crippen molar-refractivity contribution in [2.45, 2.75) is 32.3 Å². The first-order chi connectivity index (χ1) is 12.1. The van der Waals surface area contributed by atoms with Crippen molar-refractivity contribution in [2.75, 3.05) is 33.4 Å². The number of nitrogens with two attached hydrogens (primary N) is 1. The quantitative estimate of drug-likeness (QED) is 0.802. The van der Waals surface area contributed by atoms with Crippen LogP contribution in [0.2, 0.25) is 0 Å². The Kier molecular flexibility index (Phi) is 5.93. The highest BCUT2D eigenvalue weighted by Gasteiger charge is 2.26. The van der Waals surface area contributed by atoms with Crippen LogP contribution in [-0.2, 0) is 4.74 Å². The number of carbonyl (C=O) groups excluding carboxylic acids is 1. The third-order valence-corrected chi connectivity index (χ3v) is 6.03. The van der Waals surface area contributed by atoms with E-state index >= 15 is 0 Å². The lowest BCUT2D eigenvalue weighted by atomic mass is 10.1. The number of nitrogens with zero attached hydrogens (tertiary/aromatic N) is 1. The Morgan fingerprint density at radius 1 is 1.36 bits per heavy atom. The molecule has 1 aromatic carbocycles. The van der Waals surface area contributed by atoms with Crippen LogP contribution in [0, 0.1) is 6.92 Å². The molecule has 1 saturated heterocycles. The summed E-state index contributed by atoms with van der Waals surface area (Å²) in [7, 11) is 1.66. The van der Waals surface area contributed by atoms with E-state index in [-0.39, 0.29) is 12.0 Å². The molecule has 6 heteroatoms. The maximum Gasteiger partial charge on any atom is 0.264 e. The first-order valence-corrected chi connectivity index (χ1v) is 9.63. The van der Waals surface area contributed by atoms with Crippen molar-refractivity contribution in [3.8, 4) is 5.75 Å². The van der Waals surface area contributed by atoms with Crippen LogP contribution in [0.1, 0.15) is 34.5 Å². The minimum atomic E-state index is 0.137. The van der Waals surface area contributed by atoms with E-state index in [2.05, 4.69) is 0 Å². The lowest BCUT2D eigenvalue weighted by Crippen LogP contribution is -2.41. The first-order valence-electron chi connectivity index (χ1n) is 8.82. The van der Waals surface area contributed by atoms with Gasteiger partial charge < -0.3 is 20.1 Å². The molecule has 0 bridgehead atoms. The number of benzene rings is 1. The zero-order chi connectivity index (χ0) is 17.8. The third kappa shape index (κ3) is 3.97. The zero-order valence-corrected chi connectivity index (χ0v) is 15.7. The molecule has 136 valence electrons. The van der Waals surface area contributed by atoms with Crippen LogP contribution in [0.3, 0.4) is 0 Å². The first kappa shape index (κ1) is 18.2. The molecule has 2 heterocycles. The van der Waals surface area contributed by atoms with Gasteiger partial charge in [0.15, 0.2) is 0 Å². The third-order valence-electron chi connectivity index (χ3n) is 4.77. The largest absolute Gasteiger partial charge is 0.497 e. The second kappa shape index (κ2) is 8.17. The Morgan fingerprint density at radius 2 is 2.12 bits per heavy atom. The number of rotatable bonds is 6. The lowest BCUT2D eigenvalue weighted by molar-refractivity contribution is 0.00856. The van der Waals surface area contributed by atoms with Gasteiger partial charge in [0.2, 0.25) is 0 Å². The van der Waals surface area contributed by atoms with Crippen molar-refractivity contribution < 1.29 is 14.3 Å². The molecular formula is C19H26N2O3S. The average molecular weight is 362 g/mol. The van der Waals surface area contributed by atoms with Gasteiger partial charge in [-0.3, -0.25) is 4.79 Å². The summed E-state index contributed by atoms with van der Waals surface area (Å²) in [5.74, 6) is 0.959. The summed E-state index contributed by atoms with van der Waals surface area (Å²) in [6.07, 6.45) is 2.94. The molecule has 1 aliphatic rings. The van der Waals surface area contributed by atoms with E-state index in [1.54, 1.807) is 18.4 Å². The number of likely N-dealkylation sites (tertiary alicyclic amines) is 1. The Bertz CT molecular complexity index is 736. The average Bonchev–Trinajstić information content (AvgIpc) is 2.98. The molecule has 1 fully saturated rings. The van der Waals surface area contributed by atoms with Gasteiger partial charge in [-0.2, -0.15) is 0 Å². The van der Waals surface area contributed by atoms with Gasteiger partial charge in [0.25, 0.3) is 5.91 Å². The molecule has 2 N–H and O–H groups in total. The number of thiophene rings is 1. The van der Waals surface area contributed by atoms with Crippen LogP contribution in [0.15, 0.2) is 18.2 Å². The Hall–Kier alpha value is -1.63. The summed E-state index contributed by atoms with van der Waals surface area (Å²) in [5.41, 5.74) is 6.54. The molecular weight excluding hydrogens is 336 g/mol. The number of hydrogen-bond donors (Lipinski definition) is 1. The molecule has 0 radical (unpaired) electrons. The summed E-state index contributed by atoms with van der Waals surface area (Å²) in [5, 5.41) is 1.10. The van der Waals surface area contributed by atoms with Crippen molar-refractivity contribution in [3.63, 3.8) is 0 Å². The minimum Gasteiger partial charge on any atom is -0.497 e. The van der Waals surface area contributed by atoms with Gasteiger partial charge in [0.05, 0.1) is 18.1 Å². The molecule has 0 unspecified atom stereocenters. The zero-order valence-electron chi connectivity index (χ0n) is 14.9. The lowest BCUT2D eigenvalue weighted by Gasteiger charge is -2.31. The van der Waals surface area contributed by atoms with Gasteiger partial charge in [-0.05, 0) is 61.9 Å². The van der Waals surface area contributed by atoms with E-state index in [0.29, 0.717) is 13.2 Å². The van der Waals surface area contributed by atoms with Gasteiger partial charge in [0, 0.05) is 24.4 Å². The standard InChI is InChI=1S/C19H26N2O3S/c1-13-16-12-15(23-2)4-5-17(16)25-18(13)19(22)21-9-6-14(7-10-21)24-11-3-8-20/h4-5,12,14H,3,6-11,20H2,1-2H3. The van der Waals surface area contributed by atoms with Gasteiger partial charge in [0.1, 0.15) is 5.75 Å². The molecule has 1 aromatic heterocycles. The monoisotopic (exact) mass is 362 g/mol. The minimum absolute atomic E-state index is 0.137. The number of ether oxygens (including phenoxy) is 2. The normalized spacial score (nSPS) is 15.7. The smallest absolute Gasteiger partial charge is 0.264 e. The summed E-state index contributed by atoms with van der Waals surface area (Å²) in [6.45, 7) is 4.90. The van der Waals surface area contributed by atoms with E-state index in [1.165, 1.54) is 0 Å². The second-order valence-corrected chi connectivity index (χ2v) is 7.48. The second-order valence-electron chi connectivity index (χ2n) is 6.42. The molecule has 0 spiro atoms.